The number of anilines is 2. The summed E-state index contributed by atoms with van der Waals surface area (Å²) in [7, 11) is 0. The van der Waals surface area contributed by atoms with Crippen LogP contribution in [-0.2, 0) is 4.79 Å². The summed E-state index contributed by atoms with van der Waals surface area (Å²) in [4.78, 5) is 15.3. The van der Waals surface area contributed by atoms with Crippen LogP contribution in [-0.4, -0.2) is 24.0 Å². The molecule has 0 aliphatic heterocycles. The normalized spacial score (nSPS) is 10.1. The van der Waals surface area contributed by atoms with Gasteiger partial charge in [0.2, 0.25) is 5.91 Å². The largest absolute Gasteiger partial charge is 0.384 e. The van der Waals surface area contributed by atoms with Crippen LogP contribution in [0, 0.1) is 0 Å². The van der Waals surface area contributed by atoms with Gasteiger partial charge in [0, 0.05) is 19.5 Å². The van der Waals surface area contributed by atoms with Crippen LogP contribution in [0.3, 0.4) is 0 Å². The number of hydrogen-bond donors (Lipinski definition) is 3. The molecular formula is C13H22N4O. The molecule has 1 aromatic heterocycles. The molecule has 100 valence electrons. The average Bonchev–Trinajstić information content (AvgIpc) is 2.38. The topological polar surface area (TPSA) is 80.0 Å². The molecule has 5 heteroatoms. The van der Waals surface area contributed by atoms with E-state index >= 15 is 0 Å². The Balaban J connectivity index is 2.05. The second-order valence-corrected chi connectivity index (χ2v) is 4.21. The molecule has 0 aliphatic rings. The van der Waals surface area contributed by atoms with Gasteiger partial charge in [-0.15, -0.1) is 0 Å². The molecule has 0 atom stereocenters. The maximum Gasteiger partial charge on any atom is 0.219 e. The third-order valence-electron chi connectivity index (χ3n) is 2.55. The van der Waals surface area contributed by atoms with Crippen molar-refractivity contribution in [3.8, 4) is 0 Å². The number of nitrogens with two attached hydrogens (primary N) is 1. The summed E-state index contributed by atoms with van der Waals surface area (Å²) in [6, 6.07) is 3.65. The van der Waals surface area contributed by atoms with Crippen LogP contribution in [0.25, 0.3) is 0 Å². The Labute approximate surface area is 108 Å². The van der Waals surface area contributed by atoms with E-state index in [9.17, 15) is 4.79 Å². The minimum Gasteiger partial charge on any atom is -0.384 e. The number of carbonyl (C=O) groups excluding carboxylic acids is 1. The fraction of sp³-hybridized carbons (Fsp3) is 0.538. The van der Waals surface area contributed by atoms with E-state index in [1.54, 1.807) is 12.3 Å². The molecule has 18 heavy (non-hydrogen) atoms. The number of nitrogens with zero attached hydrogens (tertiary/aromatic N) is 1. The van der Waals surface area contributed by atoms with Crippen molar-refractivity contribution in [2.24, 2.45) is 0 Å². The van der Waals surface area contributed by atoms with E-state index < -0.39 is 0 Å². The lowest BCUT2D eigenvalue weighted by Crippen LogP contribution is -2.25. The third-order valence-corrected chi connectivity index (χ3v) is 2.55. The first kappa shape index (κ1) is 14.3. The SMILES string of the molecule is CCCCC(=O)NCCCNc1ccc(N)nc1. The smallest absolute Gasteiger partial charge is 0.219 e. The van der Waals surface area contributed by atoms with Gasteiger partial charge in [0.25, 0.3) is 0 Å². The van der Waals surface area contributed by atoms with Crippen molar-refractivity contribution in [1.29, 1.82) is 0 Å². The summed E-state index contributed by atoms with van der Waals surface area (Å²) in [5.41, 5.74) is 6.44. The Bertz CT molecular complexity index is 351. The zero-order valence-electron chi connectivity index (χ0n) is 10.9. The molecule has 0 aliphatic carbocycles. The minimum absolute atomic E-state index is 0.144. The number of unbranched alkanes of at least 4 members (excludes halogenated alkanes) is 1. The number of hydrogen-bond acceptors (Lipinski definition) is 4. The first-order chi connectivity index (χ1) is 8.72. The molecule has 1 amide bonds. The number of rotatable bonds is 8. The molecule has 0 aromatic carbocycles. The molecule has 0 unspecified atom stereocenters. The Morgan fingerprint density at radius 1 is 1.33 bits per heavy atom. The lowest BCUT2D eigenvalue weighted by molar-refractivity contribution is -0.121. The van der Waals surface area contributed by atoms with Gasteiger partial charge in [-0.05, 0) is 25.0 Å². The van der Waals surface area contributed by atoms with E-state index in [0.717, 1.165) is 31.5 Å². The Morgan fingerprint density at radius 3 is 2.83 bits per heavy atom. The predicted octanol–water partition coefficient (Wildman–Crippen LogP) is 1.77. The lowest BCUT2D eigenvalue weighted by atomic mass is 10.2. The van der Waals surface area contributed by atoms with Crippen LogP contribution in [0.15, 0.2) is 18.3 Å². The molecule has 5 nitrogen and oxygen atoms in total. The molecule has 0 radical (unpaired) electrons. The molecule has 1 heterocycles. The van der Waals surface area contributed by atoms with Gasteiger partial charge in [-0.1, -0.05) is 13.3 Å². The van der Waals surface area contributed by atoms with Crippen LogP contribution in [0.1, 0.15) is 32.6 Å². The Hall–Kier alpha value is -1.78. The summed E-state index contributed by atoms with van der Waals surface area (Å²) in [6.07, 6.45) is 5.24. The summed E-state index contributed by atoms with van der Waals surface area (Å²) in [5.74, 6) is 0.662. The zero-order valence-corrected chi connectivity index (χ0v) is 10.9. The maximum absolute atomic E-state index is 11.3. The number of nitrogens with one attached hydrogen (secondary N) is 2. The average molecular weight is 250 g/mol. The van der Waals surface area contributed by atoms with E-state index in [0.29, 0.717) is 18.8 Å². The first-order valence-electron chi connectivity index (χ1n) is 6.44. The molecule has 0 spiro atoms. The fourth-order valence-corrected chi connectivity index (χ4v) is 1.48. The van der Waals surface area contributed by atoms with Crippen molar-refractivity contribution in [3.63, 3.8) is 0 Å². The summed E-state index contributed by atoms with van der Waals surface area (Å²) in [6.45, 7) is 3.59. The maximum atomic E-state index is 11.3. The molecule has 1 rings (SSSR count). The van der Waals surface area contributed by atoms with Crippen LogP contribution >= 0.6 is 0 Å². The second-order valence-electron chi connectivity index (χ2n) is 4.21. The van der Waals surface area contributed by atoms with Crippen molar-refractivity contribution < 1.29 is 4.79 Å². The molecular weight excluding hydrogens is 228 g/mol. The number of nitrogen functional groups attached to an aromatic ring is 1. The van der Waals surface area contributed by atoms with Crippen molar-refractivity contribution in [3.05, 3.63) is 18.3 Å². The molecule has 0 fully saturated rings. The van der Waals surface area contributed by atoms with Crippen molar-refractivity contribution in [2.75, 3.05) is 24.1 Å². The molecule has 1 aromatic rings. The highest BCUT2D eigenvalue weighted by Gasteiger charge is 1.98. The van der Waals surface area contributed by atoms with Crippen molar-refractivity contribution in [2.45, 2.75) is 32.6 Å². The van der Waals surface area contributed by atoms with Gasteiger partial charge >= 0.3 is 0 Å². The van der Waals surface area contributed by atoms with Crippen molar-refractivity contribution in [1.82, 2.24) is 10.3 Å². The molecule has 0 saturated carbocycles. The standard InChI is InChI=1S/C13H22N4O/c1-2-3-5-13(18)16-9-4-8-15-11-6-7-12(14)17-10-11/h6-7,10,15H,2-5,8-9H2,1H3,(H2,14,17)(H,16,18). The summed E-state index contributed by atoms with van der Waals surface area (Å²) >= 11 is 0. The lowest BCUT2D eigenvalue weighted by Gasteiger charge is -2.07. The van der Waals surface area contributed by atoms with Crippen LogP contribution in [0.2, 0.25) is 0 Å². The quantitative estimate of drug-likeness (QED) is 0.614. The molecule has 0 bridgehead atoms. The number of pyridine rings is 1. The highest BCUT2D eigenvalue weighted by molar-refractivity contribution is 5.75. The van der Waals surface area contributed by atoms with Crippen molar-refractivity contribution >= 4 is 17.4 Å². The van der Waals surface area contributed by atoms with Crippen LogP contribution < -0.4 is 16.4 Å². The van der Waals surface area contributed by atoms with Gasteiger partial charge < -0.3 is 16.4 Å². The van der Waals surface area contributed by atoms with E-state index in [2.05, 4.69) is 22.5 Å². The van der Waals surface area contributed by atoms with E-state index in [1.807, 2.05) is 6.07 Å². The van der Waals surface area contributed by atoms with Gasteiger partial charge in [0.15, 0.2) is 0 Å². The Morgan fingerprint density at radius 2 is 2.17 bits per heavy atom. The molecule has 0 saturated heterocycles. The van der Waals surface area contributed by atoms with E-state index in [-0.39, 0.29) is 5.91 Å². The number of carbonyl (C=O) groups is 1. The third kappa shape index (κ3) is 6.08. The number of amides is 1. The highest BCUT2D eigenvalue weighted by Crippen LogP contribution is 2.06. The predicted molar refractivity (Wildman–Crippen MR) is 74.3 cm³/mol. The fourth-order valence-electron chi connectivity index (χ4n) is 1.48. The summed E-state index contributed by atoms with van der Waals surface area (Å²) < 4.78 is 0. The van der Waals surface area contributed by atoms with Gasteiger partial charge in [-0.25, -0.2) is 4.98 Å². The van der Waals surface area contributed by atoms with E-state index in [1.165, 1.54) is 0 Å². The first-order valence-corrected chi connectivity index (χ1v) is 6.44. The second kappa shape index (κ2) is 8.33. The zero-order chi connectivity index (χ0) is 13.2. The monoisotopic (exact) mass is 250 g/mol. The van der Waals surface area contributed by atoms with Crippen LogP contribution in [0.5, 0.6) is 0 Å². The molecule has 4 N–H and O–H groups in total. The van der Waals surface area contributed by atoms with Gasteiger partial charge in [0.1, 0.15) is 5.82 Å². The summed E-state index contributed by atoms with van der Waals surface area (Å²) in [5, 5.41) is 6.12. The highest BCUT2D eigenvalue weighted by atomic mass is 16.1. The van der Waals surface area contributed by atoms with Crippen LogP contribution in [0.4, 0.5) is 11.5 Å². The van der Waals surface area contributed by atoms with E-state index in [4.69, 9.17) is 5.73 Å². The van der Waals surface area contributed by atoms with Gasteiger partial charge in [-0.2, -0.15) is 0 Å². The van der Waals surface area contributed by atoms with Gasteiger partial charge in [-0.3, -0.25) is 4.79 Å². The van der Waals surface area contributed by atoms with Gasteiger partial charge in [0.05, 0.1) is 11.9 Å². The minimum atomic E-state index is 0.144. The Kier molecular flexibility index (Phi) is 6.61. The number of aromatic nitrogens is 1.